The molecular formula is C23H27N5O. The smallest absolute Gasteiger partial charge is 0.252 e. The number of likely N-dealkylation sites (N-methyl/N-ethyl adjacent to an activating group) is 1. The monoisotopic (exact) mass is 389 g/mol. The van der Waals surface area contributed by atoms with Crippen molar-refractivity contribution in [2.24, 2.45) is 15.0 Å². The second kappa shape index (κ2) is 9.59. The van der Waals surface area contributed by atoms with Crippen LogP contribution in [0, 0.1) is 6.92 Å². The number of nitrogens with one attached hydrogen (secondary N) is 1. The number of carbonyl (C=O) groups is 1. The van der Waals surface area contributed by atoms with Gasteiger partial charge in [-0.3, -0.25) is 9.79 Å². The van der Waals surface area contributed by atoms with Crippen molar-refractivity contribution >= 4 is 29.5 Å². The Hall–Kier alpha value is -3.54. The van der Waals surface area contributed by atoms with Gasteiger partial charge < -0.3 is 10.2 Å². The van der Waals surface area contributed by atoms with Gasteiger partial charge in [-0.2, -0.15) is 0 Å². The largest absolute Gasteiger partial charge is 0.345 e. The maximum atomic E-state index is 12.2. The van der Waals surface area contributed by atoms with Gasteiger partial charge in [0.25, 0.3) is 5.91 Å². The van der Waals surface area contributed by atoms with Crippen LogP contribution in [-0.4, -0.2) is 49.8 Å². The van der Waals surface area contributed by atoms with Crippen LogP contribution in [0.15, 0.2) is 87.0 Å². The number of amidine groups is 1. The summed E-state index contributed by atoms with van der Waals surface area (Å²) in [5.74, 6) is 0.349. The Bertz CT molecular complexity index is 990. The second-order valence-corrected chi connectivity index (χ2v) is 6.74. The minimum absolute atomic E-state index is 0.181. The number of amides is 1. The van der Waals surface area contributed by atoms with E-state index < -0.39 is 0 Å². The molecule has 0 bridgehead atoms. The summed E-state index contributed by atoms with van der Waals surface area (Å²) in [6, 6.07) is 7.95. The van der Waals surface area contributed by atoms with Crippen LogP contribution in [0.4, 0.5) is 5.69 Å². The van der Waals surface area contributed by atoms with Crippen LogP contribution in [0.25, 0.3) is 0 Å². The Labute approximate surface area is 172 Å². The van der Waals surface area contributed by atoms with E-state index in [9.17, 15) is 4.79 Å². The molecule has 1 aromatic carbocycles. The normalized spacial score (nSPS) is 18.4. The van der Waals surface area contributed by atoms with E-state index in [0.717, 1.165) is 16.8 Å². The zero-order valence-electron chi connectivity index (χ0n) is 17.7. The molecule has 1 heterocycles. The molecule has 1 aliphatic rings. The molecule has 6 nitrogen and oxygen atoms in total. The molecule has 1 aliphatic heterocycles. The molecule has 0 saturated heterocycles. The van der Waals surface area contributed by atoms with Gasteiger partial charge in [0.2, 0.25) is 0 Å². The highest BCUT2D eigenvalue weighted by molar-refractivity contribution is 6.53. The van der Waals surface area contributed by atoms with Gasteiger partial charge in [-0.15, -0.1) is 0 Å². The summed E-state index contributed by atoms with van der Waals surface area (Å²) in [4.78, 5) is 26.8. The summed E-state index contributed by atoms with van der Waals surface area (Å²) in [7, 11) is 5.02. The topological polar surface area (TPSA) is 69.4 Å². The van der Waals surface area contributed by atoms with E-state index in [1.807, 2.05) is 44.2 Å². The number of rotatable bonds is 4. The number of carbonyl (C=O) groups excluding carboxylic acids is 1. The van der Waals surface area contributed by atoms with Gasteiger partial charge in [0, 0.05) is 43.5 Å². The molecule has 0 aromatic heterocycles. The summed E-state index contributed by atoms with van der Waals surface area (Å²) in [5.41, 5.74) is 5.00. The zero-order chi connectivity index (χ0) is 21.6. The molecule has 0 spiro atoms. The van der Waals surface area contributed by atoms with Gasteiger partial charge >= 0.3 is 0 Å². The van der Waals surface area contributed by atoms with Crippen LogP contribution in [0.3, 0.4) is 0 Å². The predicted octanol–water partition coefficient (Wildman–Crippen LogP) is 3.95. The van der Waals surface area contributed by atoms with E-state index in [1.165, 1.54) is 11.2 Å². The van der Waals surface area contributed by atoms with Crippen LogP contribution in [0.2, 0.25) is 0 Å². The third-order valence-corrected chi connectivity index (χ3v) is 4.21. The first kappa shape index (κ1) is 21.8. The molecule has 0 fully saturated rings. The lowest BCUT2D eigenvalue weighted by Crippen LogP contribution is -2.30. The molecule has 29 heavy (non-hydrogen) atoms. The third kappa shape index (κ3) is 5.25. The average Bonchev–Trinajstić information content (AvgIpc) is 2.67. The van der Waals surface area contributed by atoms with Crippen LogP contribution in [0.1, 0.15) is 12.5 Å². The Kier molecular flexibility index (Phi) is 7.20. The number of aryl methyl sites for hydroxylation is 1. The molecular weight excluding hydrogens is 362 g/mol. The molecule has 1 aromatic rings. The van der Waals surface area contributed by atoms with Crippen molar-refractivity contribution in [1.82, 2.24) is 4.90 Å². The number of hydrogen-bond acceptors (Lipinski definition) is 4. The fourth-order valence-corrected chi connectivity index (χ4v) is 2.81. The maximum absolute atomic E-state index is 12.2. The molecule has 1 N–H and O–H groups in total. The Morgan fingerprint density at radius 3 is 2.62 bits per heavy atom. The summed E-state index contributed by atoms with van der Waals surface area (Å²) < 4.78 is 0. The predicted molar refractivity (Wildman–Crippen MR) is 123 cm³/mol. The highest BCUT2D eigenvalue weighted by Crippen LogP contribution is 2.28. The molecule has 2 rings (SSSR count). The van der Waals surface area contributed by atoms with E-state index in [-0.39, 0.29) is 5.91 Å². The first-order valence-electron chi connectivity index (χ1n) is 9.18. The van der Waals surface area contributed by atoms with Gasteiger partial charge in [0.05, 0.1) is 5.70 Å². The standard InChI is InChI=1S/C23H27N5O/c1-8-19-17(4)21(25-14-24-5)22(26-18-11-9-10-15(2)12-18)27-20(19)13-16(3)23(29)28(6)7/h8-14H,3-4H2,1-2,5-7H3,(H,26,27)/b19-8-,20-13+,24-14-,25-21+. The highest BCUT2D eigenvalue weighted by Gasteiger charge is 2.25. The number of aliphatic imine (C=N–C) groups is 3. The van der Waals surface area contributed by atoms with Crippen LogP contribution >= 0.6 is 0 Å². The van der Waals surface area contributed by atoms with E-state index >= 15 is 0 Å². The maximum Gasteiger partial charge on any atom is 0.252 e. The minimum atomic E-state index is -0.181. The number of anilines is 1. The number of hydrogen-bond donors (Lipinski definition) is 1. The van der Waals surface area contributed by atoms with Crippen molar-refractivity contribution in [2.45, 2.75) is 13.8 Å². The Morgan fingerprint density at radius 2 is 2.03 bits per heavy atom. The van der Waals surface area contributed by atoms with E-state index in [1.54, 1.807) is 27.2 Å². The molecule has 0 saturated carbocycles. The quantitative estimate of drug-likeness (QED) is 0.481. The molecule has 150 valence electrons. The molecule has 6 heteroatoms. The lowest BCUT2D eigenvalue weighted by molar-refractivity contribution is -0.124. The fraction of sp³-hybridized carbons (Fsp3) is 0.217. The van der Waals surface area contributed by atoms with E-state index in [2.05, 4.69) is 28.5 Å². The van der Waals surface area contributed by atoms with Crippen molar-refractivity contribution < 1.29 is 4.79 Å². The Morgan fingerprint density at radius 1 is 1.31 bits per heavy atom. The number of benzene rings is 1. The third-order valence-electron chi connectivity index (χ3n) is 4.21. The zero-order valence-corrected chi connectivity index (χ0v) is 17.7. The lowest BCUT2D eigenvalue weighted by atomic mass is 9.94. The minimum Gasteiger partial charge on any atom is -0.345 e. The Balaban J connectivity index is 2.59. The summed E-state index contributed by atoms with van der Waals surface area (Å²) in [5, 5.41) is 3.31. The van der Waals surface area contributed by atoms with E-state index in [4.69, 9.17) is 4.99 Å². The SMILES string of the molecule is C=C(/C=C1N=C(Nc2cccc(C)c2)/C(=N/C=N\C)C(=C)C/1=C/C)C(=O)N(C)C. The first-order valence-corrected chi connectivity index (χ1v) is 9.18. The van der Waals surface area contributed by atoms with E-state index in [0.29, 0.717) is 28.4 Å². The van der Waals surface area contributed by atoms with Crippen molar-refractivity contribution in [2.75, 3.05) is 26.5 Å². The van der Waals surface area contributed by atoms with Gasteiger partial charge in [-0.25, -0.2) is 9.98 Å². The van der Waals surface area contributed by atoms with Crippen molar-refractivity contribution in [3.63, 3.8) is 0 Å². The molecule has 1 amide bonds. The van der Waals surface area contributed by atoms with Crippen LogP contribution < -0.4 is 5.32 Å². The number of allylic oxidation sites excluding steroid dienone is 2. The molecule has 0 atom stereocenters. The van der Waals surface area contributed by atoms with Gasteiger partial charge in [0.15, 0.2) is 5.84 Å². The van der Waals surface area contributed by atoms with Gasteiger partial charge in [-0.1, -0.05) is 31.4 Å². The second-order valence-electron chi connectivity index (χ2n) is 6.74. The summed E-state index contributed by atoms with van der Waals surface area (Å²) in [6.07, 6.45) is 5.03. The van der Waals surface area contributed by atoms with Crippen LogP contribution in [0.5, 0.6) is 0 Å². The first-order chi connectivity index (χ1) is 13.8. The lowest BCUT2D eigenvalue weighted by Gasteiger charge is -2.23. The fourth-order valence-electron chi connectivity index (χ4n) is 2.81. The van der Waals surface area contributed by atoms with Crippen molar-refractivity contribution in [3.05, 3.63) is 77.6 Å². The van der Waals surface area contributed by atoms with Crippen molar-refractivity contribution in [1.29, 1.82) is 0 Å². The van der Waals surface area contributed by atoms with Gasteiger partial charge in [-0.05, 0) is 37.6 Å². The number of nitrogens with zero attached hydrogens (tertiary/aromatic N) is 4. The van der Waals surface area contributed by atoms with Crippen molar-refractivity contribution in [3.8, 4) is 0 Å². The summed E-state index contributed by atoms with van der Waals surface area (Å²) >= 11 is 0. The summed E-state index contributed by atoms with van der Waals surface area (Å²) in [6.45, 7) is 12.0. The molecule has 0 radical (unpaired) electrons. The molecule has 0 aliphatic carbocycles. The van der Waals surface area contributed by atoms with Crippen LogP contribution in [-0.2, 0) is 4.79 Å². The average molecular weight is 390 g/mol. The molecule has 0 unspecified atom stereocenters. The highest BCUT2D eigenvalue weighted by atomic mass is 16.2. The van der Waals surface area contributed by atoms with Gasteiger partial charge in [0.1, 0.15) is 12.1 Å².